The molecule has 3 N–H and O–H groups in total. The average Bonchev–Trinajstić information content (AvgIpc) is 2.69. The highest BCUT2D eigenvalue weighted by molar-refractivity contribution is 6.30. The molecule has 8 nitrogen and oxygen atoms in total. The molecular formula is C22H21NO7. The van der Waals surface area contributed by atoms with Gasteiger partial charge in [0.2, 0.25) is 5.78 Å². The van der Waals surface area contributed by atoms with Gasteiger partial charge in [0.25, 0.3) is 5.91 Å². The maximum absolute atomic E-state index is 12.9. The van der Waals surface area contributed by atoms with Crippen molar-refractivity contribution in [2.45, 2.75) is 26.3 Å². The van der Waals surface area contributed by atoms with E-state index >= 15 is 0 Å². The molecule has 1 atom stereocenters. The second kappa shape index (κ2) is 7.98. The molecule has 3 rings (SSSR count). The molecule has 30 heavy (non-hydrogen) atoms. The maximum atomic E-state index is 12.9. The molecule has 1 unspecified atom stereocenters. The minimum Gasteiger partial charge on any atom is -0.507 e. The molecule has 0 aliphatic heterocycles. The first kappa shape index (κ1) is 21.0. The van der Waals surface area contributed by atoms with Gasteiger partial charge in [-0.15, -0.1) is 0 Å². The van der Waals surface area contributed by atoms with Gasteiger partial charge in [-0.05, 0) is 30.5 Å². The third kappa shape index (κ3) is 3.63. The standard InChI is InChI=1S/C22H21NO7/c1-10(2)7-14(22(29)30-3)23-21(28)11-8-13-18(16(25)9-11)20(27)17-12(19(13)26)5-4-6-15(17)24/h4-6,8-10,14,24-25H,7H2,1-3H3,(H,23,28). The van der Waals surface area contributed by atoms with E-state index in [-0.39, 0.29) is 39.5 Å². The lowest BCUT2D eigenvalue weighted by Gasteiger charge is -2.21. The summed E-state index contributed by atoms with van der Waals surface area (Å²) >= 11 is 0. The van der Waals surface area contributed by atoms with Gasteiger partial charge in [0.15, 0.2) is 5.78 Å². The second-order valence-corrected chi connectivity index (χ2v) is 7.45. The zero-order chi connectivity index (χ0) is 22.2. The number of carbonyl (C=O) groups excluding carboxylic acids is 4. The Morgan fingerprint density at radius 3 is 2.30 bits per heavy atom. The molecule has 0 saturated heterocycles. The molecule has 2 aromatic carbocycles. The lowest BCUT2D eigenvalue weighted by atomic mass is 9.82. The van der Waals surface area contributed by atoms with Crippen LogP contribution in [0.15, 0.2) is 30.3 Å². The van der Waals surface area contributed by atoms with Crippen molar-refractivity contribution in [3.63, 3.8) is 0 Å². The summed E-state index contributed by atoms with van der Waals surface area (Å²) in [5.74, 6) is -3.48. The zero-order valence-electron chi connectivity index (χ0n) is 16.7. The minimum absolute atomic E-state index is 0.0169. The van der Waals surface area contributed by atoms with Crippen molar-refractivity contribution in [3.8, 4) is 11.5 Å². The van der Waals surface area contributed by atoms with Gasteiger partial charge in [0, 0.05) is 16.7 Å². The zero-order valence-corrected chi connectivity index (χ0v) is 16.7. The molecule has 0 saturated carbocycles. The maximum Gasteiger partial charge on any atom is 0.328 e. The number of ether oxygens (including phenoxy) is 1. The fourth-order valence-corrected chi connectivity index (χ4v) is 3.48. The number of hydrogen-bond acceptors (Lipinski definition) is 7. The number of aromatic hydroxyl groups is 2. The van der Waals surface area contributed by atoms with Gasteiger partial charge in [-0.2, -0.15) is 0 Å². The van der Waals surface area contributed by atoms with E-state index < -0.39 is 35.2 Å². The van der Waals surface area contributed by atoms with Gasteiger partial charge in [-0.25, -0.2) is 4.79 Å². The van der Waals surface area contributed by atoms with Gasteiger partial charge < -0.3 is 20.3 Å². The third-order valence-corrected chi connectivity index (χ3v) is 4.86. The van der Waals surface area contributed by atoms with Crippen molar-refractivity contribution >= 4 is 23.4 Å². The minimum atomic E-state index is -0.907. The highest BCUT2D eigenvalue weighted by Crippen LogP contribution is 2.37. The van der Waals surface area contributed by atoms with Crippen LogP contribution in [0, 0.1) is 5.92 Å². The number of benzene rings is 2. The first-order chi connectivity index (χ1) is 14.1. The van der Waals surface area contributed by atoms with E-state index in [0.717, 1.165) is 6.07 Å². The molecule has 2 aromatic rings. The second-order valence-electron chi connectivity index (χ2n) is 7.45. The van der Waals surface area contributed by atoms with Crippen LogP contribution in [0.5, 0.6) is 11.5 Å². The summed E-state index contributed by atoms with van der Waals surface area (Å²) in [4.78, 5) is 50.3. The molecule has 0 radical (unpaired) electrons. The summed E-state index contributed by atoms with van der Waals surface area (Å²) in [6.45, 7) is 3.76. The number of phenolic OH excluding ortho intramolecular Hbond substituents is 2. The SMILES string of the molecule is COC(=O)C(CC(C)C)NC(=O)c1cc(O)c2c(c1)C(=O)c1cccc(O)c1C2=O. The number of methoxy groups -OCH3 is 1. The fourth-order valence-electron chi connectivity index (χ4n) is 3.48. The van der Waals surface area contributed by atoms with Crippen LogP contribution in [0.2, 0.25) is 0 Å². The summed E-state index contributed by atoms with van der Waals surface area (Å²) in [6.07, 6.45) is 0.333. The molecule has 1 aliphatic rings. The number of rotatable bonds is 5. The van der Waals surface area contributed by atoms with Crippen molar-refractivity contribution in [1.82, 2.24) is 5.32 Å². The van der Waals surface area contributed by atoms with Crippen LogP contribution in [0.4, 0.5) is 0 Å². The smallest absolute Gasteiger partial charge is 0.328 e. The van der Waals surface area contributed by atoms with Crippen molar-refractivity contribution in [2.24, 2.45) is 5.92 Å². The van der Waals surface area contributed by atoms with Crippen LogP contribution in [-0.4, -0.2) is 46.8 Å². The van der Waals surface area contributed by atoms with E-state index in [2.05, 4.69) is 5.32 Å². The van der Waals surface area contributed by atoms with E-state index in [1.807, 2.05) is 13.8 Å². The highest BCUT2D eigenvalue weighted by atomic mass is 16.5. The van der Waals surface area contributed by atoms with Crippen LogP contribution in [0.1, 0.15) is 62.5 Å². The monoisotopic (exact) mass is 411 g/mol. The van der Waals surface area contributed by atoms with Gasteiger partial charge >= 0.3 is 5.97 Å². The van der Waals surface area contributed by atoms with Crippen LogP contribution < -0.4 is 5.32 Å². The summed E-state index contributed by atoms with van der Waals surface area (Å²) in [5, 5.41) is 22.9. The Labute approximate surface area is 172 Å². The predicted molar refractivity (Wildman–Crippen MR) is 106 cm³/mol. The van der Waals surface area contributed by atoms with Crippen molar-refractivity contribution in [3.05, 3.63) is 58.1 Å². The Kier molecular flexibility index (Phi) is 5.60. The van der Waals surface area contributed by atoms with Gasteiger partial charge in [-0.3, -0.25) is 14.4 Å². The largest absolute Gasteiger partial charge is 0.507 e. The lowest BCUT2D eigenvalue weighted by Crippen LogP contribution is -2.42. The van der Waals surface area contributed by atoms with E-state index in [0.29, 0.717) is 6.42 Å². The van der Waals surface area contributed by atoms with Gasteiger partial charge in [0.05, 0.1) is 18.2 Å². The Morgan fingerprint density at radius 2 is 1.67 bits per heavy atom. The summed E-state index contributed by atoms with van der Waals surface area (Å²) < 4.78 is 4.72. The summed E-state index contributed by atoms with van der Waals surface area (Å²) in [7, 11) is 1.21. The molecule has 1 amide bonds. The first-order valence-corrected chi connectivity index (χ1v) is 9.32. The first-order valence-electron chi connectivity index (χ1n) is 9.32. The number of carbonyl (C=O) groups is 4. The molecule has 0 aromatic heterocycles. The number of amides is 1. The van der Waals surface area contributed by atoms with Crippen LogP contribution in [0.25, 0.3) is 0 Å². The molecule has 1 aliphatic carbocycles. The molecule has 0 bridgehead atoms. The number of nitrogens with one attached hydrogen (secondary N) is 1. The molecule has 8 heteroatoms. The summed E-state index contributed by atoms with van der Waals surface area (Å²) in [6, 6.07) is 5.42. The molecular weight excluding hydrogens is 390 g/mol. The van der Waals surface area contributed by atoms with E-state index in [1.165, 1.54) is 31.4 Å². The molecule has 0 heterocycles. The predicted octanol–water partition coefficient (Wildman–Crippen LogP) is 2.19. The van der Waals surface area contributed by atoms with Crippen molar-refractivity contribution in [2.75, 3.05) is 7.11 Å². The molecule has 0 fully saturated rings. The molecule has 156 valence electrons. The highest BCUT2D eigenvalue weighted by Gasteiger charge is 2.35. The van der Waals surface area contributed by atoms with Crippen molar-refractivity contribution < 1.29 is 34.1 Å². The van der Waals surface area contributed by atoms with E-state index in [4.69, 9.17) is 4.74 Å². The van der Waals surface area contributed by atoms with Gasteiger partial charge in [-0.1, -0.05) is 26.0 Å². The van der Waals surface area contributed by atoms with Crippen molar-refractivity contribution in [1.29, 1.82) is 0 Å². The Hall–Kier alpha value is -3.68. The number of esters is 1. The molecule has 0 spiro atoms. The van der Waals surface area contributed by atoms with E-state index in [9.17, 15) is 29.4 Å². The normalized spacial score (nSPS) is 13.5. The quantitative estimate of drug-likeness (QED) is 0.549. The average molecular weight is 411 g/mol. The van der Waals surface area contributed by atoms with Crippen LogP contribution in [-0.2, 0) is 9.53 Å². The fraction of sp³-hybridized carbons (Fsp3) is 0.273. The number of fused-ring (bicyclic) bond motifs is 2. The summed E-state index contributed by atoms with van der Waals surface area (Å²) in [5.41, 5.74) is -0.727. The Balaban J connectivity index is 2.00. The van der Waals surface area contributed by atoms with Crippen LogP contribution >= 0.6 is 0 Å². The topological polar surface area (TPSA) is 130 Å². The van der Waals surface area contributed by atoms with Gasteiger partial charge in [0.1, 0.15) is 17.5 Å². The Bertz CT molecular complexity index is 1070. The lowest BCUT2D eigenvalue weighted by molar-refractivity contribution is -0.143. The van der Waals surface area contributed by atoms with E-state index in [1.54, 1.807) is 0 Å². The number of hydrogen-bond donors (Lipinski definition) is 3. The van der Waals surface area contributed by atoms with Crippen LogP contribution in [0.3, 0.4) is 0 Å². The third-order valence-electron chi connectivity index (χ3n) is 4.86. The number of phenols is 2. The number of ketones is 2. The Morgan fingerprint density at radius 1 is 1.00 bits per heavy atom.